The van der Waals surface area contributed by atoms with Gasteiger partial charge in [0.05, 0.1) is 13.0 Å². The van der Waals surface area contributed by atoms with Crippen LogP contribution in [0.5, 0.6) is 5.75 Å². The first kappa shape index (κ1) is 57.1. The minimum absolute atomic E-state index is 0.0734. The van der Waals surface area contributed by atoms with Crippen molar-refractivity contribution in [3.8, 4) is 5.75 Å². The van der Waals surface area contributed by atoms with Crippen LogP contribution in [0.4, 0.5) is 0 Å². The maximum atomic E-state index is 13.6. The summed E-state index contributed by atoms with van der Waals surface area (Å²) in [7, 11) is 0. The molecule has 0 unspecified atom stereocenters. The van der Waals surface area contributed by atoms with Crippen LogP contribution in [0.25, 0.3) is 0 Å². The fourth-order valence-corrected chi connectivity index (χ4v) is 6.97. The number of likely N-dealkylation sites (tertiary alicyclic amines) is 1. The number of amides is 8. The summed E-state index contributed by atoms with van der Waals surface area (Å²) in [4.78, 5) is 154. The van der Waals surface area contributed by atoms with E-state index in [4.69, 9.17) is 5.73 Å². The Morgan fingerprint density at radius 2 is 1.15 bits per heavy atom. The van der Waals surface area contributed by atoms with Gasteiger partial charge in [-0.3, -0.25) is 52.7 Å². The topological polar surface area (TPSA) is 419 Å². The number of rotatable bonds is 28. The van der Waals surface area contributed by atoms with Crippen LogP contribution in [0, 0.1) is 5.92 Å². The highest BCUT2D eigenvalue weighted by atomic mass is 32.1. The number of carboxylic acid groups (broad SMARTS) is 4. The van der Waals surface area contributed by atoms with E-state index < -0.39 is 170 Å². The van der Waals surface area contributed by atoms with Crippen LogP contribution in [-0.4, -0.2) is 169 Å². The normalized spacial score (nSPS) is 16.3. The fraction of sp³-hybridized carbons (Fsp3) is 0.561. The third-order valence-corrected chi connectivity index (χ3v) is 10.8. The molecule has 376 valence electrons. The van der Waals surface area contributed by atoms with Crippen LogP contribution in [0.1, 0.15) is 71.3 Å². The Balaban J connectivity index is 2.21. The van der Waals surface area contributed by atoms with E-state index in [1.807, 2.05) is 0 Å². The lowest BCUT2D eigenvalue weighted by Gasteiger charge is -2.28. The lowest BCUT2D eigenvalue weighted by molar-refractivity contribution is -0.142. The second-order valence-corrected chi connectivity index (χ2v) is 16.4. The van der Waals surface area contributed by atoms with Crippen LogP contribution in [0.2, 0.25) is 0 Å². The summed E-state index contributed by atoms with van der Waals surface area (Å²) in [5.74, 6) is -15.0. The van der Waals surface area contributed by atoms with E-state index in [1.165, 1.54) is 49.9 Å². The number of thiol groups is 1. The van der Waals surface area contributed by atoms with Crippen molar-refractivity contribution in [3.05, 3.63) is 29.8 Å². The summed E-state index contributed by atoms with van der Waals surface area (Å²) in [5.41, 5.74) is 5.89. The molecular weight excluding hydrogens is 923 g/mol. The molecule has 8 atom stereocenters. The summed E-state index contributed by atoms with van der Waals surface area (Å²) < 4.78 is 0. The Bertz CT molecular complexity index is 2040. The highest BCUT2D eigenvalue weighted by Gasteiger charge is 2.38. The van der Waals surface area contributed by atoms with E-state index in [0.29, 0.717) is 12.0 Å². The molecule has 0 aromatic heterocycles. The predicted octanol–water partition coefficient (Wildman–Crippen LogP) is -3.83. The maximum absolute atomic E-state index is 13.6. The summed E-state index contributed by atoms with van der Waals surface area (Å²) in [6.07, 6.45) is -2.99. The van der Waals surface area contributed by atoms with Gasteiger partial charge in [-0.2, -0.15) is 12.6 Å². The lowest BCUT2D eigenvalue weighted by Crippen LogP contribution is -2.61. The van der Waals surface area contributed by atoms with Gasteiger partial charge < -0.3 is 73.4 Å². The number of aromatic hydroxyl groups is 1. The molecule has 0 saturated carbocycles. The first-order valence-corrected chi connectivity index (χ1v) is 21.9. The number of nitrogens with zero attached hydrogens (tertiary/aromatic N) is 1. The molecule has 27 heteroatoms. The number of carbonyl (C=O) groups excluding carboxylic acids is 8. The van der Waals surface area contributed by atoms with Gasteiger partial charge in [-0.25, -0.2) is 4.79 Å². The molecule has 68 heavy (non-hydrogen) atoms. The van der Waals surface area contributed by atoms with Gasteiger partial charge >= 0.3 is 23.9 Å². The molecular formula is C41H59N9O17S. The molecule has 1 aliphatic rings. The van der Waals surface area contributed by atoms with Gasteiger partial charge in [0.1, 0.15) is 54.1 Å². The molecule has 0 radical (unpaired) electrons. The van der Waals surface area contributed by atoms with Crippen LogP contribution < -0.4 is 43.0 Å². The van der Waals surface area contributed by atoms with Gasteiger partial charge in [0.25, 0.3) is 0 Å². The van der Waals surface area contributed by atoms with E-state index in [-0.39, 0.29) is 25.1 Å². The average Bonchev–Trinajstić information content (AvgIpc) is 3.77. The Kier molecular flexibility index (Phi) is 23.2. The van der Waals surface area contributed by atoms with E-state index in [9.17, 15) is 83.1 Å². The number of phenols is 1. The predicted molar refractivity (Wildman–Crippen MR) is 237 cm³/mol. The van der Waals surface area contributed by atoms with E-state index in [2.05, 4.69) is 49.8 Å². The molecule has 14 N–H and O–H groups in total. The number of aliphatic carboxylic acids is 4. The molecule has 26 nitrogen and oxygen atoms in total. The van der Waals surface area contributed by atoms with Gasteiger partial charge in [0.15, 0.2) is 0 Å². The van der Waals surface area contributed by atoms with Crippen molar-refractivity contribution in [2.75, 3.05) is 18.8 Å². The summed E-state index contributed by atoms with van der Waals surface area (Å²) in [5, 5.41) is 63.5. The summed E-state index contributed by atoms with van der Waals surface area (Å²) in [6.45, 7) is 3.90. The van der Waals surface area contributed by atoms with E-state index in [1.54, 1.807) is 0 Å². The fourth-order valence-electron chi connectivity index (χ4n) is 6.71. The number of phenolic OH excluding ortho intramolecular Hbond substituents is 1. The first-order chi connectivity index (χ1) is 31.9. The van der Waals surface area contributed by atoms with Crippen molar-refractivity contribution in [1.82, 2.24) is 42.1 Å². The second kappa shape index (κ2) is 27.6. The van der Waals surface area contributed by atoms with Crippen LogP contribution in [0.3, 0.4) is 0 Å². The average molecular weight is 982 g/mol. The Hall–Kier alpha value is -7.03. The summed E-state index contributed by atoms with van der Waals surface area (Å²) in [6, 6.07) is -6.75. The largest absolute Gasteiger partial charge is 0.508 e. The van der Waals surface area contributed by atoms with Gasteiger partial charge in [0.2, 0.25) is 47.3 Å². The number of benzene rings is 1. The Labute approximate surface area is 394 Å². The monoisotopic (exact) mass is 981 g/mol. The SMILES string of the molecule is CC(C)[C@H](NC(=O)[C@H](CC(=O)O)NC(=O)[C@H](CCC(=O)O)NC(=O)[C@@H]1CCCN1C(=O)CN)C(=O)N[C@@H](CS)C(=O)N[C@@H](CCC(=O)O)C(=O)N[C@@H](C)C(=O)N[C@@H](Cc1ccc(O)cc1)C(=O)O. The number of nitrogens with one attached hydrogen (secondary N) is 7. The molecule has 0 spiro atoms. The molecule has 1 saturated heterocycles. The Morgan fingerprint density at radius 3 is 1.66 bits per heavy atom. The minimum Gasteiger partial charge on any atom is -0.508 e. The third-order valence-electron chi connectivity index (χ3n) is 10.4. The number of hydrogen-bond acceptors (Lipinski definition) is 15. The van der Waals surface area contributed by atoms with Crippen molar-refractivity contribution in [3.63, 3.8) is 0 Å². The zero-order valence-corrected chi connectivity index (χ0v) is 38.3. The minimum atomic E-state index is -1.92. The zero-order chi connectivity index (χ0) is 51.4. The van der Waals surface area contributed by atoms with Gasteiger partial charge in [-0.15, -0.1) is 0 Å². The molecule has 0 bridgehead atoms. The van der Waals surface area contributed by atoms with Crippen LogP contribution in [-0.2, 0) is 64.0 Å². The molecule has 0 aliphatic carbocycles. The zero-order valence-electron chi connectivity index (χ0n) is 37.4. The smallest absolute Gasteiger partial charge is 0.326 e. The number of carboxylic acids is 4. The third kappa shape index (κ3) is 18.7. The van der Waals surface area contributed by atoms with Crippen molar-refractivity contribution in [2.45, 2.75) is 120 Å². The first-order valence-electron chi connectivity index (χ1n) is 21.3. The molecule has 1 aliphatic heterocycles. The molecule has 8 amide bonds. The quantitative estimate of drug-likeness (QED) is 0.0358. The van der Waals surface area contributed by atoms with Gasteiger partial charge in [-0.1, -0.05) is 26.0 Å². The molecule has 2 rings (SSSR count). The molecule has 1 aromatic carbocycles. The van der Waals surface area contributed by atoms with Crippen molar-refractivity contribution < 1.29 is 83.1 Å². The van der Waals surface area contributed by atoms with Crippen molar-refractivity contribution in [1.29, 1.82) is 0 Å². The Morgan fingerprint density at radius 1 is 0.647 bits per heavy atom. The van der Waals surface area contributed by atoms with Crippen molar-refractivity contribution in [2.24, 2.45) is 11.7 Å². The van der Waals surface area contributed by atoms with Crippen LogP contribution in [0.15, 0.2) is 24.3 Å². The highest BCUT2D eigenvalue weighted by Crippen LogP contribution is 2.18. The highest BCUT2D eigenvalue weighted by molar-refractivity contribution is 7.80. The molecule has 1 heterocycles. The van der Waals surface area contributed by atoms with Gasteiger partial charge in [-0.05, 0) is 56.2 Å². The van der Waals surface area contributed by atoms with Crippen molar-refractivity contribution >= 4 is 83.8 Å². The summed E-state index contributed by atoms with van der Waals surface area (Å²) >= 11 is 4.10. The lowest BCUT2D eigenvalue weighted by atomic mass is 10.0. The maximum Gasteiger partial charge on any atom is 0.326 e. The van der Waals surface area contributed by atoms with Gasteiger partial charge in [0, 0.05) is 31.6 Å². The molecule has 1 aromatic rings. The van der Waals surface area contributed by atoms with E-state index in [0.717, 1.165) is 0 Å². The number of carbonyl (C=O) groups is 12. The molecule has 1 fully saturated rings. The standard InChI is InChI=1S/C41H59N9O17S/c1-19(2)33(49-37(62)25(16-32(57)58)46-36(61)24(11-13-31(55)56)45-39(64)28-5-4-14-50(28)29(52)17-42)40(65)48-27(18-68)38(63)44-23(10-12-30(53)54)35(60)43-20(3)34(59)47-26(41(66)67)15-21-6-8-22(51)9-7-21/h6-9,19-20,23-28,33,51,68H,4-5,10-18,42H2,1-3H3,(H,43,60)(H,44,63)(H,45,64)(H,46,61)(H,47,59)(H,48,65)(H,49,62)(H,53,54)(H,55,56)(H,57,58)(H,66,67)/t20-,23-,24-,25-,26-,27-,28-,33-/m0/s1. The number of hydrogen-bond donors (Lipinski definition) is 14. The van der Waals surface area contributed by atoms with E-state index >= 15 is 0 Å². The number of nitrogens with two attached hydrogens (primary N) is 1. The second-order valence-electron chi connectivity index (χ2n) is 16.1. The van der Waals surface area contributed by atoms with Crippen LogP contribution >= 0.6 is 12.6 Å².